The molecule has 2 nitrogen and oxygen atoms in total. The van der Waals surface area contributed by atoms with Crippen LogP contribution >= 0.6 is 11.6 Å². The maximum Gasteiger partial charge on any atom is 0.124 e. The average Bonchev–Trinajstić information content (AvgIpc) is 2.42. The first-order valence-electron chi connectivity index (χ1n) is 6.64. The lowest BCUT2D eigenvalue weighted by molar-refractivity contribution is 0.405. The third kappa shape index (κ3) is 2.97. The first kappa shape index (κ1) is 14.9. The van der Waals surface area contributed by atoms with Crippen LogP contribution in [0.1, 0.15) is 28.3 Å². The number of halogens is 1. The Balaban J connectivity index is 2.54. The predicted octanol–water partition coefficient (Wildman–Crippen LogP) is 4.27. The van der Waals surface area contributed by atoms with Crippen molar-refractivity contribution in [2.75, 3.05) is 14.2 Å². The molecule has 0 saturated heterocycles. The Hall–Kier alpha value is -1.51. The zero-order valence-corrected chi connectivity index (χ0v) is 13.1. The summed E-state index contributed by atoms with van der Waals surface area (Å²) < 4.78 is 5.47. The number of methoxy groups -OCH3 is 1. The van der Waals surface area contributed by atoms with E-state index in [2.05, 4.69) is 37.4 Å². The van der Waals surface area contributed by atoms with E-state index in [9.17, 15) is 0 Å². The van der Waals surface area contributed by atoms with Crippen molar-refractivity contribution in [2.24, 2.45) is 0 Å². The molecule has 106 valence electrons. The van der Waals surface area contributed by atoms with Gasteiger partial charge < -0.3 is 10.1 Å². The van der Waals surface area contributed by atoms with Gasteiger partial charge in [0.25, 0.3) is 0 Å². The van der Waals surface area contributed by atoms with Crippen molar-refractivity contribution in [3.8, 4) is 5.75 Å². The fraction of sp³-hybridized carbons (Fsp3) is 0.294. The Kier molecular flexibility index (Phi) is 4.69. The van der Waals surface area contributed by atoms with Gasteiger partial charge in [-0.2, -0.15) is 0 Å². The second-order valence-electron chi connectivity index (χ2n) is 4.97. The smallest absolute Gasteiger partial charge is 0.124 e. The van der Waals surface area contributed by atoms with Gasteiger partial charge in [0, 0.05) is 10.6 Å². The third-order valence-corrected chi connectivity index (χ3v) is 3.76. The quantitative estimate of drug-likeness (QED) is 0.907. The van der Waals surface area contributed by atoms with Crippen molar-refractivity contribution in [1.29, 1.82) is 0 Å². The van der Waals surface area contributed by atoms with Crippen molar-refractivity contribution >= 4 is 11.6 Å². The molecule has 0 fully saturated rings. The summed E-state index contributed by atoms with van der Waals surface area (Å²) in [5.74, 6) is 0.841. The molecular formula is C17H20ClNO. The van der Waals surface area contributed by atoms with Gasteiger partial charge in [-0.15, -0.1) is 0 Å². The van der Waals surface area contributed by atoms with Crippen LogP contribution in [0.2, 0.25) is 5.02 Å². The van der Waals surface area contributed by atoms with E-state index >= 15 is 0 Å². The highest BCUT2D eigenvalue weighted by atomic mass is 35.5. The molecule has 2 aromatic rings. The lowest BCUT2D eigenvalue weighted by Gasteiger charge is -2.22. The number of nitrogens with one attached hydrogen (secondary N) is 1. The van der Waals surface area contributed by atoms with Crippen molar-refractivity contribution in [3.63, 3.8) is 0 Å². The molecule has 0 saturated carbocycles. The predicted molar refractivity (Wildman–Crippen MR) is 84.8 cm³/mol. The van der Waals surface area contributed by atoms with E-state index in [4.69, 9.17) is 16.3 Å². The second kappa shape index (κ2) is 6.29. The van der Waals surface area contributed by atoms with Crippen LogP contribution in [0.15, 0.2) is 36.4 Å². The molecule has 0 heterocycles. The summed E-state index contributed by atoms with van der Waals surface area (Å²) in [5.41, 5.74) is 4.80. The fourth-order valence-corrected chi connectivity index (χ4v) is 2.74. The molecule has 0 aliphatic heterocycles. The van der Waals surface area contributed by atoms with Crippen LogP contribution in [0, 0.1) is 13.8 Å². The number of rotatable bonds is 4. The number of benzene rings is 2. The van der Waals surface area contributed by atoms with Crippen LogP contribution in [-0.4, -0.2) is 14.2 Å². The molecule has 1 atom stereocenters. The summed E-state index contributed by atoms with van der Waals surface area (Å²) in [6.45, 7) is 4.23. The zero-order valence-electron chi connectivity index (χ0n) is 12.3. The maximum atomic E-state index is 6.14. The molecule has 0 bridgehead atoms. The molecule has 1 N–H and O–H groups in total. The Bertz CT molecular complexity index is 610. The van der Waals surface area contributed by atoms with Gasteiger partial charge in [0.2, 0.25) is 0 Å². The first-order valence-corrected chi connectivity index (χ1v) is 7.02. The van der Waals surface area contributed by atoms with Crippen LogP contribution in [-0.2, 0) is 0 Å². The molecule has 0 aliphatic carbocycles. The normalized spacial score (nSPS) is 12.2. The van der Waals surface area contributed by atoms with Crippen molar-refractivity contribution in [1.82, 2.24) is 5.32 Å². The van der Waals surface area contributed by atoms with Gasteiger partial charge in [-0.25, -0.2) is 0 Å². The van der Waals surface area contributed by atoms with Gasteiger partial charge in [0.05, 0.1) is 13.2 Å². The molecular weight excluding hydrogens is 270 g/mol. The van der Waals surface area contributed by atoms with Crippen molar-refractivity contribution < 1.29 is 4.74 Å². The zero-order chi connectivity index (χ0) is 14.7. The highest BCUT2D eigenvalue weighted by molar-refractivity contribution is 6.30. The summed E-state index contributed by atoms with van der Waals surface area (Å²) in [6.07, 6.45) is 0. The summed E-state index contributed by atoms with van der Waals surface area (Å²) >= 11 is 6.14. The molecule has 0 amide bonds. The Morgan fingerprint density at radius 1 is 1.05 bits per heavy atom. The second-order valence-corrected chi connectivity index (χ2v) is 5.40. The Labute approximate surface area is 125 Å². The summed E-state index contributed by atoms with van der Waals surface area (Å²) in [6, 6.07) is 12.3. The van der Waals surface area contributed by atoms with Gasteiger partial charge in [-0.1, -0.05) is 35.4 Å². The van der Waals surface area contributed by atoms with Crippen LogP contribution in [0.25, 0.3) is 0 Å². The number of hydrogen-bond acceptors (Lipinski definition) is 2. The van der Waals surface area contributed by atoms with Gasteiger partial charge >= 0.3 is 0 Å². The average molecular weight is 290 g/mol. The first-order chi connectivity index (χ1) is 9.56. The third-order valence-electron chi connectivity index (χ3n) is 3.53. The lowest BCUT2D eigenvalue weighted by atomic mass is 9.93. The molecule has 0 radical (unpaired) electrons. The lowest BCUT2D eigenvalue weighted by Crippen LogP contribution is -2.19. The molecule has 20 heavy (non-hydrogen) atoms. The van der Waals surface area contributed by atoms with E-state index in [1.165, 1.54) is 16.7 Å². The largest absolute Gasteiger partial charge is 0.496 e. The monoisotopic (exact) mass is 289 g/mol. The fourth-order valence-electron chi connectivity index (χ4n) is 2.56. The van der Waals surface area contributed by atoms with Crippen LogP contribution in [0.5, 0.6) is 5.75 Å². The van der Waals surface area contributed by atoms with E-state index in [-0.39, 0.29) is 6.04 Å². The molecule has 2 rings (SSSR count). The minimum absolute atomic E-state index is 0.0595. The molecule has 0 aromatic heterocycles. The van der Waals surface area contributed by atoms with Gasteiger partial charge in [-0.05, 0) is 50.2 Å². The molecule has 3 heteroatoms. The summed E-state index contributed by atoms with van der Waals surface area (Å²) in [5, 5.41) is 4.07. The van der Waals surface area contributed by atoms with Crippen LogP contribution in [0.3, 0.4) is 0 Å². The van der Waals surface area contributed by atoms with E-state index in [0.29, 0.717) is 5.02 Å². The Morgan fingerprint density at radius 2 is 1.80 bits per heavy atom. The van der Waals surface area contributed by atoms with Crippen molar-refractivity contribution in [3.05, 3.63) is 63.7 Å². The number of ether oxygens (including phenoxy) is 1. The van der Waals surface area contributed by atoms with Crippen LogP contribution < -0.4 is 10.1 Å². The SMILES string of the molecule is CNC(c1ccc(C)cc1C)c1cc(Cl)ccc1OC. The molecule has 2 aromatic carbocycles. The van der Waals surface area contributed by atoms with E-state index in [1.54, 1.807) is 7.11 Å². The van der Waals surface area contributed by atoms with Crippen molar-refractivity contribution in [2.45, 2.75) is 19.9 Å². The molecule has 0 aliphatic rings. The van der Waals surface area contributed by atoms with E-state index in [1.807, 2.05) is 25.2 Å². The summed E-state index contributed by atoms with van der Waals surface area (Å²) in [7, 11) is 3.63. The topological polar surface area (TPSA) is 21.3 Å². The van der Waals surface area contributed by atoms with Crippen LogP contribution in [0.4, 0.5) is 0 Å². The summed E-state index contributed by atoms with van der Waals surface area (Å²) in [4.78, 5) is 0. The molecule has 0 spiro atoms. The number of aryl methyl sites for hydroxylation is 2. The maximum absolute atomic E-state index is 6.14. The highest BCUT2D eigenvalue weighted by Gasteiger charge is 2.18. The van der Waals surface area contributed by atoms with E-state index in [0.717, 1.165) is 11.3 Å². The van der Waals surface area contributed by atoms with Gasteiger partial charge in [0.15, 0.2) is 0 Å². The Morgan fingerprint density at radius 3 is 2.40 bits per heavy atom. The number of hydrogen-bond donors (Lipinski definition) is 1. The molecule has 1 unspecified atom stereocenters. The minimum Gasteiger partial charge on any atom is -0.496 e. The van der Waals surface area contributed by atoms with E-state index < -0.39 is 0 Å². The minimum atomic E-state index is 0.0595. The standard InChI is InChI=1S/C17H20ClNO/c1-11-5-7-14(12(2)9-11)17(19-3)15-10-13(18)6-8-16(15)20-4/h5-10,17,19H,1-4H3. The van der Waals surface area contributed by atoms with Gasteiger partial charge in [-0.3, -0.25) is 0 Å². The highest BCUT2D eigenvalue weighted by Crippen LogP contribution is 2.33. The van der Waals surface area contributed by atoms with Gasteiger partial charge in [0.1, 0.15) is 5.75 Å².